The number of anilines is 1. The molecule has 0 saturated heterocycles. The number of carbonyl (C=O) groups excluding carboxylic acids is 1. The van der Waals surface area contributed by atoms with Crippen LogP contribution in [0.2, 0.25) is 0 Å². The van der Waals surface area contributed by atoms with Crippen LogP contribution in [0.1, 0.15) is 35.6 Å². The van der Waals surface area contributed by atoms with Crippen LogP contribution >= 0.6 is 0 Å². The van der Waals surface area contributed by atoms with Crippen LogP contribution in [0.4, 0.5) is 14.5 Å². The quantitative estimate of drug-likeness (QED) is 0.433. The van der Waals surface area contributed by atoms with Crippen LogP contribution in [-0.2, 0) is 24.7 Å². The smallest absolute Gasteiger partial charge is 0.247 e. The summed E-state index contributed by atoms with van der Waals surface area (Å²) in [5.41, 5.74) is 3.28. The second-order valence-electron chi connectivity index (χ2n) is 7.90. The molecule has 8 nitrogen and oxygen atoms in total. The summed E-state index contributed by atoms with van der Waals surface area (Å²) in [7, 11) is 4.42. The van der Waals surface area contributed by atoms with E-state index in [0.29, 0.717) is 42.8 Å². The number of halogens is 2. The van der Waals surface area contributed by atoms with Gasteiger partial charge in [-0.05, 0) is 37.7 Å². The minimum absolute atomic E-state index is 0.0491. The molecule has 1 aromatic carbocycles. The van der Waals surface area contributed by atoms with Gasteiger partial charge >= 0.3 is 0 Å². The molecule has 0 saturated carbocycles. The van der Waals surface area contributed by atoms with E-state index in [4.69, 9.17) is 9.47 Å². The summed E-state index contributed by atoms with van der Waals surface area (Å²) in [4.78, 5) is 11.8. The van der Waals surface area contributed by atoms with Crippen molar-refractivity contribution in [2.45, 2.75) is 31.6 Å². The first-order chi connectivity index (χ1) is 15.9. The Hall–Kier alpha value is -3.69. The summed E-state index contributed by atoms with van der Waals surface area (Å²) < 4.78 is 42.0. The molecule has 0 radical (unpaired) electrons. The van der Waals surface area contributed by atoms with Crippen molar-refractivity contribution in [1.29, 1.82) is 0 Å². The minimum atomic E-state index is -0.719. The number of ether oxygens (including phenoxy) is 2. The molecule has 10 heteroatoms. The molecule has 33 heavy (non-hydrogen) atoms. The molecule has 3 aromatic rings. The highest BCUT2D eigenvalue weighted by atomic mass is 19.1. The minimum Gasteiger partial charge on any atom is -0.494 e. The number of H-pyrrole nitrogens is 1. The lowest BCUT2D eigenvalue weighted by Crippen LogP contribution is -2.10. The Labute approximate surface area is 189 Å². The fraction of sp³-hybridized carbons (Fsp3) is 0.348. The standard InChI is InChI=1S/C23H25F2N5O3/c1-5-18(31)26-15-11-30(2)29-23(15)22-13-8-6-7-12(9-14(13)27-28-22)19-20(24)16(32-3)10-17(33-4)21(19)25/h5,10-12H,1,6-9H2,2-4H3,(H,26,31)(H,27,28). The maximum absolute atomic E-state index is 15.1. The Morgan fingerprint density at radius 1 is 1.27 bits per heavy atom. The average Bonchev–Trinajstić information content (AvgIpc) is 3.29. The SMILES string of the molecule is C=CC(=O)Nc1cn(C)nc1-c1n[nH]c2c1CCCC(c1c(F)c(OC)cc(OC)c1F)C2. The number of aryl methyl sites for hydroxylation is 1. The molecule has 4 rings (SSSR count). The topological polar surface area (TPSA) is 94.1 Å². The van der Waals surface area contributed by atoms with E-state index >= 15 is 8.78 Å². The van der Waals surface area contributed by atoms with Crippen molar-refractivity contribution < 1.29 is 23.0 Å². The predicted molar refractivity (Wildman–Crippen MR) is 118 cm³/mol. The number of benzene rings is 1. The highest BCUT2D eigenvalue weighted by Crippen LogP contribution is 2.41. The molecule has 174 valence electrons. The lowest BCUT2D eigenvalue weighted by molar-refractivity contribution is -0.111. The highest BCUT2D eigenvalue weighted by molar-refractivity contribution is 6.01. The second kappa shape index (κ2) is 9.05. The summed E-state index contributed by atoms with van der Waals surface area (Å²) in [5.74, 6) is -2.36. The number of aromatic nitrogens is 4. The number of aromatic amines is 1. The Morgan fingerprint density at radius 3 is 2.61 bits per heavy atom. The Morgan fingerprint density at radius 2 is 1.97 bits per heavy atom. The van der Waals surface area contributed by atoms with Gasteiger partial charge < -0.3 is 14.8 Å². The van der Waals surface area contributed by atoms with Crippen molar-refractivity contribution in [2.75, 3.05) is 19.5 Å². The van der Waals surface area contributed by atoms with Gasteiger partial charge in [0.15, 0.2) is 23.1 Å². The number of nitrogens with one attached hydrogen (secondary N) is 2. The van der Waals surface area contributed by atoms with Crippen LogP contribution in [0.25, 0.3) is 11.4 Å². The summed E-state index contributed by atoms with van der Waals surface area (Å²) in [5, 5.41) is 14.7. The maximum atomic E-state index is 15.1. The van der Waals surface area contributed by atoms with Crippen molar-refractivity contribution >= 4 is 11.6 Å². The van der Waals surface area contributed by atoms with Crippen molar-refractivity contribution in [3.8, 4) is 22.9 Å². The average molecular weight is 457 g/mol. The Balaban J connectivity index is 1.73. The van der Waals surface area contributed by atoms with Gasteiger partial charge in [-0.1, -0.05) is 6.58 Å². The van der Waals surface area contributed by atoms with Gasteiger partial charge in [0, 0.05) is 36.1 Å². The predicted octanol–water partition coefficient (Wildman–Crippen LogP) is 3.89. The molecule has 1 aliphatic carbocycles. The first kappa shape index (κ1) is 22.5. The van der Waals surface area contributed by atoms with Crippen LogP contribution in [0.5, 0.6) is 11.5 Å². The van der Waals surface area contributed by atoms with E-state index in [2.05, 4.69) is 27.2 Å². The third-order valence-electron chi connectivity index (χ3n) is 5.89. The molecule has 1 amide bonds. The first-order valence-electron chi connectivity index (χ1n) is 10.5. The Bertz CT molecular complexity index is 1190. The highest BCUT2D eigenvalue weighted by Gasteiger charge is 2.31. The number of methoxy groups -OCH3 is 2. The number of amides is 1. The van der Waals surface area contributed by atoms with Crippen molar-refractivity contribution in [3.05, 3.63) is 53.4 Å². The molecular weight excluding hydrogens is 432 g/mol. The zero-order chi connectivity index (χ0) is 23.7. The Kier molecular flexibility index (Phi) is 6.17. The van der Waals surface area contributed by atoms with Crippen molar-refractivity contribution in [2.24, 2.45) is 7.05 Å². The van der Waals surface area contributed by atoms with Gasteiger partial charge in [0.25, 0.3) is 0 Å². The second-order valence-corrected chi connectivity index (χ2v) is 7.90. The van der Waals surface area contributed by atoms with Crippen LogP contribution in [0.15, 0.2) is 24.9 Å². The third kappa shape index (κ3) is 4.08. The van der Waals surface area contributed by atoms with Crippen LogP contribution < -0.4 is 14.8 Å². The van der Waals surface area contributed by atoms with E-state index in [0.717, 1.165) is 11.3 Å². The van der Waals surface area contributed by atoms with Crippen molar-refractivity contribution in [1.82, 2.24) is 20.0 Å². The van der Waals surface area contributed by atoms with Gasteiger partial charge in [-0.15, -0.1) is 0 Å². The lowest BCUT2D eigenvalue weighted by Gasteiger charge is -2.19. The van der Waals surface area contributed by atoms with Crippen LogP contribution in [0, 0.1) is 11.6 Å². The molecule has 0 bridgehead atoms. The molecule has 1 aliphatic rings. The molecule has 2 aromatic heterocycles. The zero-order valence-electron chi connectivity index (χ0n) is 18.7. The molecule has 1 atom stereocenters. The van der Waals surface area contributed by atoms with E-state index in [1.807, 2.05) is 0 Å². The number of fused-ring (bicyclic) bond motifs is 1. The number of rotatable bonds is 6. The van der Waals surface area contributed by atoms with Crippen LogP contribution in [-0.4, -0.2) is 40.1 Å². The molecule has 0 fully saturated rings. The fourth-order valence-corrected chi connectivity index (χ4v) is 4.36. The number of hydrogen-bond acceptors (Lipinski definition) is 5. The van der Waals surface area contributed by atoms with Gasteiger partial charge in [-0.3, -0.25) is 14.6 Å². The largest absolute Gasteiger partial charge is 0.494 e. The number of hydrogen-bond donors (Lipinski definition) is 2. The lowest BCUT2D eigenvalue weighted by atomic mass is 9.90. The fourth-order valence-electron chi connectivity index (χ4n) is 4.36. The number of carbonyl (C=O) groups is 1. The molecular formula is C23H25F2N5O3. The maximum Gasteiger partial charge on any atom is 0.247 e. The van der Waals surface area contributed by atoms with E-state index in [1.54, 1.807) is 17.9 Å². The molecule has 1 unspecified atom stereocenters. The summed E-state index contributed by atoms with van der Waals surface area (Å²) in [6.45, 7) is 3.47. The van der Waals surface area contributed by atoms with Gasteiger partial charge in [0.1, 0.15) is 11.4 Å². The van der Waals surface area contributed by atoms with E-state index in [-0.39, 0.29) is 23.0 Å². The molecule has 2 heterocycles. The van der Waals surface area contributed by atoms with Crippen LogP contribution in [0.3, 0.4) is 0 Å². The summed E-state index contributed by atoms with van der Waals surface area (Å²) >= 11 is 0. The summed E-state index contributed by atoms with van der Waals surface area (Å²) in [6.07, 6.45) is 5.11. The first-order valence-corrected chi connectivity index (χ1v) is 10.5. The normalized spacial score (nSPS) is 15.5. The molecule has 2 N–H and O–H groups in total. The van der Waals surface area contributed by atoms with E-state index < -0.39 is 17.6 Å². The van der Waals surface area contributed by atoms with Gasteiger partial charge in [0.2, 0.25) is 5.91 Å². The van der Waals surface area contributed by atoms with E-state index in [9.17, 15) is 4.79 Å². The van der Waals surface area contributed by atoms with Gasteiger partial charge in [0.05, 0.1) is 19.9 Å². The number of nitrogens with zero attached hydrogens (tertiary/aromatic N) is 3. The van der Waals surface area contributed by atoms with E-state index in [1.165, 1.54) is 26.4 Å². The zero-order valence-corrected chi connectivity index (χ0v) is 18.7. The third-order valence-corrected chi connectivity index (χ3v) is 5.89. The molecule has 0 aliphatic heterocycles. The van der Waals surface area contributed by atoms with Gasteiger partial charge in [-0.2, -0.15) is 10.2 Å². The van der Waals surface area contributed by atoms with Gasteiger partial charge in [-0.25, -0.2) is 8.78 Å². The summed E-state index contributed by atoms with van der Waals surface area (Å²) in [6, 6.07) is 1.21. The molecule has 0 spiro atoms. The monoisotopic (exact) mass is 457 g/mol. The van der Waals surface area contributed by atoms with Crippen molar-refractivity contribution in [3.63, 3.8) is 0 Å².